The van der Waals surface area contributed by atoms with Crippen molar-refractivity contribution in [2.75, 3.05) is 16.8 Å². The molecule has 2 aromatic carbocycles. The second kappa shape index (κ2) is 8.98. The molecular formula is C22H17Cl3N2O2S. The van der Waals surface area contributed by atoms with E-state index in [-0.39, 0.29) is 21.5 Å². The second-order valence-electron chi connectivity index (χ2n) is 6.92. The minimum Gasteiger partial charge on any atom is -0.322 e. The largest absolute Gasteiger partial charge is 0.322 e. The van der Waals surface area contributed by atoms with E-state index in [4.69, 9.17) is 34.8 Å². The Balaban J connectivity index is 1.51. The van der Waals surface area contributed by atoms with Crippen molar-refractivity contribution in [3.63, 3.8) is 0 Å². The van der Waals surface area contributed by atoms with Gasteiger partial charge in [-0.25, -0.2) is 0 Å². The number of thiophene rings is 1. The van der Waals surface area contributed by atoms with Crippen LogP contribution in [0.4, 0.5) is 11.4 Å². The minimum atomic E-state index is -0.432. The maximum Gasteiger partial charge on any atom is 0.258 e. The summed E-state index contributed by atoms with van der Waals surface area (Å²) in [5.41, 5.74) is 2.29. The van der Waals surface area contributed by atoms with Gasteiger partial charge in [-0.1, -0.05) is 34.8 Å². The molecule has 154 valence electrons. The Bertz CT molecular complexity index is 1110. The first-order chi connectivity index (χ1) is 14.4. The molecule has 0 fully saturated rings. The highest BCUT2D eigenvalue weighted by molar-refractivity contribution is 7.10. The molecule has 1 aliphatic heterocycles. The van der Waals surface area contributed by atoms with Crippen LogP contribution in [-0.2, 0) is 6.42 Å². The van der Waals surface area contributed by atoms with Crippen molar-refractivity contribution >= 4 is 69.3 Å². The molecule has 3 aromatic rings. The zero-order chi connectivity index (χ0) is 21.3. The van der Waals surface area contributed by atoms with Crippen LogP contribution in [0.1, 0.15) is 38.4 Å². The molecule has 2 heterocycles. The van der Waals surface area contributed by atoms with Gasteiger partial charge in [0.05, 0.1) is 21.3 Å². The van der Waals surface area contributed by atoms with Gasteiger partial charge >= 0.3 is 0 Å². The number of carbonyl (C=O) groups excluding carboxylic acids is 2. The summed E-state index contributed by atoms with van der Waals surface area (Å²) < 4.78 is 0. The van der Waals surface area contributed by atoms with Crippen LogP contribution in [0.2, 0.25) is 15.1 Å². The molecule has 0 unspecified atom stereocenters. The summed E-state index contributed by atoms with van der Waals surface area (Å²) in [6.45, 7) is 0.703. The molecule has 1 aliphatic rings. The van der Waals surface area contributed by atoms with Crippen molar-refractivity contribution in [3.05, 3.63) is 78.9 Å². The number of halogens is 3. The van der Waals surface area contributed by atoms with Crippen LogP contribution in [0.5, 0.6) is 0 Å². The predicted octanol–water partition coefficient (Wildman–Crippen LogP) is 6.94. The fourth-order valence-electron chi connectivity index (χ4n) is 3.42. The molecule has 0 bridgehead atoms. The SMILES string of the molecule is O=C(Nc1ccc(C(=O)N2CCCCc3sccc32)cc1)c1cc(Cl)cc(Cl)c1Cl. The third-order valence-corrected chi connectivity index (χ3v) is 6.91. The first-order valence-electron chi connectivity index (χ1n) is 9.38. The average molecular weight is 480 g/mol. The second-order valence-corrected chi connectivity index (χ2v) is 9.15. The summed E-state index contributed by atoms with van der Waals surface area (Å²) in [5, 5.41) is 5.45. The van der Waals surface area contributed by atoms with Crippen molar-refractivity contribution in [1.29, 1.82) is 0 Å². The zero-order valence-electron chi connectivity index (χ0n) is 15.8. The Labute approximate surface area is 193 Å². The van der Waals surface area contributed by atoms with Gasteiger partial charge in [0.2, 0.25) is 0 Å². The summed E-state index contributed by atoms with van der Waals surface area (Å²) in [6, 6.07) is 11.8. The van der Waals surface area contributed by atoms with Crippen molar-refractivity contribution in [3.8, 4) is 0 Å². The number of fused-ring (bicyclic) bond motifs is 1. The van der Waals surface area contributed by atoms with Crippen LogP contribution >= 0.6 is 46.1 Å². The highest BCUT2D eigenvalue weighted by Crippen LogP contribution is 2.33. The maximum atomic E-state index is 13.1. The Kier molecular flexibility index (Phi) is 6.34. The number of hydrogen-bond acceptors (Lipinski definition) is 3. The van der Waals surface area contributed by atoms with Gasteiger partial charge < -0.3 is 10.2 Å². The van der Waals surface area contributed by atoms with E-state index in [1.54, 1.807) is 35.6 Å². The van der Waals surface area contributed by atoms with E-state index in [0.717, 1.165) is 24.9 Å². The fourth-order valence-corrected chi connectivity index (χ4v) is 5.03. The molecule has 2 amide bonds. The topological polar surface area (TPSA) is 49.4 Å². The van der Waals surface area contributed by atoms with E-state index < -0.39 is 5.91 Å². The lowest BCUT2D eigenvalue weighted by Crippen LogP contribution is -2.31. The van der Waals surface area contributed by atoms with Gasteiger partial charge in [0, 0.05) is 27.7 Å². The number of anilines is 2. The molecule has 0 saturated heterocycles. The number of nitrogens with one attached hydrogen (secondary N) is 1. The van der Waals surface area contributed by atoms with Gasteiger partial charge in [-0.2, -0.15) is 0 Å². The molecule has 4 nitrogen and oxygen atoms in total. The Hall–Kier alpha value is -2.05. The molecule has 0 aliphatic carbocycles. The third kappa shape index (κ3) is 4.35. The normalized spacial score (nSPS) is 13.5. The van der Waals surface area contributed by atoms with Crippen molar-refractivity contribution < 1.29 is 9.59 Å². The molecule has 0 atom stereocenters. The van der Waals surface area contributed by atoms with Gasteiger partial charge in [-0.15, -0.1) is 11.3 Å². The van der Waals surface area contributed by atoms with E-state index in [9.17, 15) is 9.59 Å². The van der Waals surface area contributed by atoms with Crippen LogP contribution in [0, 0.1) is 0 Å². The molecule has 0 spiro atoms. The van der Waals surface area contributed by atoms with E-state index in [1.165, 1.54) is 17.0 Å². The summed E-state index contributed by atoms with van der Waals surface area (Å²) in [5.74, 6) is -0.474. The van der Waals surface area contributed by atoms with Gasteiger partial charge in [0.15, 0.2) is 0 Å². The van der Waals surface area contributed by atoms with Crippen molar-refractivity contribution in [2.45, 2.75) is 19.3 Å². The summed E-state index contributed by atoms with van der Waals surface area (Å²) in [6.07, 6.45) is 3.07. The first-order valence-corrected chi connectivity index (χ1v) is 11.4. The highest BCUT2D eigenvalue weighted by atomic mass is 35.5. The first kappa shape index (κ1) is 21.2. The Morgan fingerprint density at radius 1 is 1.00 bits per heavy atom. The summed E-state index contributed by atoms with van der Waals surface area (Å²) >= 11 is 19.8. The predicted molar refractivity (Wildman–Crippen MR) is 125 cm³/mol. The minimum absolute atomic E-state index is 0.0425. The van der Waals surface area contributed by atoms with Crippen molar-refractivity contribution in [2.24, 2.45) is 0 Å². The van der Waals surface area contributed by atoms with Gasteiger partial charge in [0.25, 0.3) is 11.8 Å². The molecule has 1 N–H and O–H groups in total. The number of nitrogens with zero attached hydrogens (tertiary/aromatic N) is 1. The van der Waals surface area contributed by atoms with Crippen LogP contribution in [-0.4, -0.2) is 18.4 Å². The van der Waals surface area contributed by atoms with Gasteiger partial charge in [-0.05, 0) is 67.1 Å². The van der Waals surface area contributed by atoms with Crippen LogP contribution in [0.25, 0.3) is 0 Å². The maximum absolute atomic E-state index is 13.1. The standard InChI is InChI=1S/C22H17Cl3N2O2S/c23-14-11-16(20(25)17(24)12-14)21(28)26-15-6-4-13(5-7-15)22(29)27-9-2-1-3-19-18(27)8-10-30-19/h4-8,10-12H,1-3,9H2,(H,26,28). The molecular weight excluding hydrogens is 463 g/mol. The third-order valence-electron chi connectivity index (χ3n) is 4.92. The molecule has 1 aromatic heterocycles. The van der Waals surface area contributed by atoms with E-state index >= 15 is 0 Å². The average Bonchev–Trinajstić information content (AvgIpc) is 3.10. The van der Waals surface area contributed by atoms with Gasteiger partial charge in [0.1, 0.15) is 0 Å². The van der Waals surface area contributed by atoms with Crippen LogP contribution < -0.4 is 10.2 Å². The molecule has 0 radical (unpaired) electrons. The molecule has 4 rings (SSSR count). The highest BCUT2D eigenvalue weighted by Gasteiger charge is 2.23. The molecule has 8 heteroatoms. The Morgan fingerprint density at radius 3 is 2.53 bits per heavy atom. The number of carbonyl (C=O) groups is 2. The number of benzene rings is 2. The Morgan fingerprint density at radius 2 is 1.77 bits per heavy atom. The van der Waals surface area contributed by atoms with Crippen LogP contribution in [0.15, 0.2) is 47.8 Å². The van der Waals surface area contributed by atoms with Crippen molar-refractivity contribution in [1.82, 2.24) is 0 Å². The quantitative estimate of drug-likeness (QED) is 0.413. The smallest absolute Gasteiger partial charge is 0.258 e. The van der Waals surface area contributed by atoms with E-state index in [1.807, 2.05) is 16.3 Å². The van der Waals surface area contributed by atoms with Gasteiger partial charge in [-0.3, -0.25) is 9.59 Å². The monoisotopic (exact) mass is 478 g/mol. The molecule has 0 saturated carbocycles. The van der Waals surface area contributed by atoms with E-state index in [0.29, 0.717) is 22.8 Å². The number of amides is 2. The lowest BCUT2D eigenvalue weighted by molar-refractivity contribution is 0.0986. The lowest BCUT2D eigenvalue weighted by Gasteiger charge is -2.21. The zero-order valence-corrected chi connectivity index (χ0v) is 18.8. The lowest BCUT2D eigenvalue weighted by atomic mass is 10.1. The summed E-state index contributed by atoms with van der Waals surface area (Å²) in [4.78, 5) is 28.7. The number of hydrogen-bond donors (Lipinski definition) is 1. The van der Waals surface area contributed by atoms with Crippen LogP contribution in [0.3, 0.4) is 0 Å². The number of aryl methyl sites for hydroxylation is 1. The number of rotatable bonds is 3. The molecule has 30 heavy (non-hydrogen) atoms. The fraction of sp³-hybridized carbons (Fsp3) is 0.182. The van der Waals surface area contributed by atoms with E-state index in [2.05, 4.69) is 5.32 Å². The summed E-state index contributed by atoms with van der Waals surface area (Å²) in [7, 11) is 0.